The molecule has 1 aliphatic heterocycles. The van der Waals surface area contributed by atoms with Crippen LogP contribution < -0.4 is 5.73 Å². The SMILES string of the molecule is Cc1c(Cl)cc(S(=O)(=O)N2CCCC2CN)cc1Cl. The van der Waals surface area contributed by atoms with Crippen molar-refractivity contribution in [3.8, 4) is 0 Å². The van der Waals surface area contributed by atoms with E-state index >= 15 is 0 Å². The minimum Gasteiger partial charge on any atom is -0.329 e. The maximum absolute atomic E-state index is 12.6. The standard InChI is InChI=1S/C12H16Cl2N2O2S/c1-8-11(13)5-10(6-12(8)14)19(17,18)16-4-2-3-9(16)7-15/h5-6,9H,2-4,7,15H2,1H3. The molecular weight excluding hydrogens is 307 g/mol. The zero-order valence-corrected chi connectivity index (χ0v) is 12.9. The normalized spacial score (nSPS) is 20.9. The molecule has 0 saturated carbocycles. The molecule has 19 heavy (non-hydrogen) atoms. The van der Waals surface area contributed by atoms with Gasteiger partial charge in [0.2, 0.25) is 10.0 Å². The Balaban J connectivity index is 2.45. The van der Waals surface area contributed by atoms with Crippen LogP contribution in [-0.4, -0.2) is 31.9 Å². The maximum Gasteiger partial charge on any atom is 0.243 e. The summed E-state index contributed by atoms with van der Waals surface area (Å²) in [6.07, 6.45) is 1.62. The number of hydrogen-bond donors (Lipinski definition) is 1. The Morgan fingerprint density at radius 2 is 1.95 bits per heavy atom. The minimum absolute atomic E-state index is 0.133. The molecule has 7 heteroatoms. The van der Waals surface area contributed by atoms with Gasteiger partial charge >= 0.3 is 0 Å². The molecule has 2 rings (SSSR count). The second-order valence-corrected chi connectivity index (χ2v) is 7.36. The summed E-state index contributed by atoms with van der Waals surface area (Å²) < 4.78 is 26.6. The average molecular weight is 323 g/mol. The van der Waals surface area contributed by atoms with Crippen molar-refractivity contribution >= 4 is 33.2 Å². The van der Waals surface area contributed by atoms with E-state index < -0.39 is 10.0 Å². The molecule has 0 spiro atoms. The summed E-state index contributed by atoms with van der Waals surface area (Å²) in [5.41, 5.74) is 6.30. The van der Waals surface area contributed by atoms with E-state index in [-0.39, 0.29) is 10.9 Å². The number of hydrogen-bond acceptors (Lipinski definition) is 3. The van der Waals surface area contributed by atoms with Gasteiger partial charge < -0.3 is 5.73 Å². The molecule has 1 aromatic carbocycles. The molecule has 1 atom stereocenters. The molecule has 0 amide bonds. The third kappa shape index (κ3) is 2.76. The van der Waals surface area contributed by atoms with Crippen molar-refractivity contribution in [3.05, 3.63) is 27.7 Å². The minimum atomic E-state index is -3.58. The first-order valence-electron chi connectivity index (χ1n) is 6.05. The van der Waals surface area contributed by atoms with Crippen LogP contribution in [-0.2, 0) is 10.0 Å². The Hall–Kier alpha value is -0.330. The lowest BCUT2D eigenvalue weighted by Crippen LogP contribution is -2.39. The Morgan fingerprint density at radius 3 is 2.47 bits per heavy atom. The first-order chi connectivity index (χ1) is 8.87. The summed E-state index contributed by atoms with van der Waals surface area (Å²) in [6, 6.07) is 2.76. The van der Waals surface area contributed by atoms with E-state index in [1.807, 2.05) is 0 Å². The van der Waals surface area contributed by atoms with Crippen molar-refractivity contribution in [3.63, 3.8) is 0 Å². The predicted octanol–water partition coefficient (Wildman–Crippen LogP) is 2.41. The summed E-state index contributed by atoms with van der Waals surface area (Å²) in [5, 5.41) is 0.712. The van der Waals surface area contributed by atoms with Crippen molar-refractivity contribution in [1.29, 1.82) is 0 Å². The van der Waals surface area contributed by atoms with Gasteiger partial charge in [0.25, 0.3) is 0 Å². The first kappa shape index (κ1) is 15.1. The number of benzene rings is 1. The second-order valence-electron chi connectivity index (χ2n) is 4.66. The molecule has 1 heterocycles. The van der Waals surface area contributed by atoms with Crippen LogP contribution in [0.15, 0.2) is 17.0 Å². The Bertz CT molecular complexity index is 566. The Labute approximate surface area is 123 Å². The summed E-state index contributed by atoms with van der Waals surface area (Å²) in [4.78, 5) is 0.133. The number of nitrogens with two attached hydrogens (primary N) is 1. The Kier molecular flexibility index (Phi) is 4.42. The third-order valence-electron chi connectivity index (χ3n) is 3.46. The van der Waals surface area contributed by atoms with Gasteiger partial charge in [0.05, 0.1) is 4.90 Å². The molecule has 0 aromatic heterocycles. The van der Waals surface area contributed by atoms with E-state index in [2.05, 4.69) is 0 Å². The van der Waals surface area contributed by atoms with Crippen LogP contribution in [0.3, 0.4) is 0 Å². The van der Waals surface area contributed by atoms with Gasteiger partial charge in [-0.15, -0.1) is 0 Å². The van der Waals surface area contributed by atoms with Crippen molar-refractivity contribution in [2.45, 2.75) is 30.7 Å². The van der Waals surface area contributed by atoms with Gasteiger partial charge in [-0.25, -0.2) is 8.42 Å². The molecule has 1 saturated heterocycles. The number of halogens is 2. The summed E-state index contributed by atoms with van der Waals surface area (Å²) in [7, 11) is -3.58. The topological polar surface area (TPSA) is 63.4 Å². The Morgan fingerprint density at radius 1 is 1.37 bits per heavy atom. The highest BCUT2D eigenvalue weighted by atomic mass is 35.5. The van der Waals surface area contributed by atoms with Crippen molar-refractivity contribution < 1.29 is 8.42 Å². The van der Waals surface area contributed by atoms with E-state index in [9.17, 15) is 8.42 Å². The van der Waals surface area contributed by atoms with Gasteiger partial charge in [-0.05, 0) is 37.5 Å². The largest absolute Gasteiger partial charge is 0.329 e. The van der Waals surface area contributed by atoms with E-state index in [1.54, 1.807) is 6.92 Å². The molecule has 0 aliphatic carbocycles. The molecule has 0 radical (unpaired) electrons. The van der Waals surface area contributed by atoms with Crippen molar-refractivity contribution in [1.82, 2.24) is 4.31 Å². The monoisotopic (exact) mass is 322 g/mol. The fraction of sp³-hybridized carbons (Fsp3) is 0.500. The zero-order chi connectivity index (χ0) is 14.2. The summed E-state index contributed by atoms with van der Waals surface area (Å²) >= 11 is 12.0. The smallest absolute Gasteiger partial charge is 0.243 e. The lowest BCUT2D eigenvalue weighted by molar-refractivity contribution is 0.393. The number of nitrogens with zero attached hydrogens (tertiary/aromatic N) is 1. The number of sulfonamides is 1. The predicted molar refractivity (Wildman–Crippen MR) is 77.2 cm³/mol. The van der Waals surface area contributed by atoms with Crippen LogP contribution in [0.2, 0.25) is 10.0 Å². The average Bonchev–Trinajstić information content (AvgIpc) is 2.84. The quantitative estimate of drug-likeness (QED) is 0.929. The van der Waals surface area contributed by atoms with Crippen molar-refractivity contribution in [2.24, 2.45) is 5.73 Å². The highest BCUT2D eigenvalue weighted by molar-refractivity contribution is 7.89. The van der Waals surface area contributed by atoms with E-state index in [0.29, 0.717) is 28.7 Å². The highest BCUT2D eigenvalue weighted by Crippen LogP contribution is 2.31. The van der Waals surface area contributed by atoms with Crippen LogP contribution in [0.5, 0.6) is 0 Å². The van der Waals surface area contributed by atoms with Gasteiger partial charge in [-0.1, -0.05) is 23.2 Å². The van der Waals surface area contributed by atoms with Crippen LogP contribution in [0, 0.1) is 6.92 Å². The second kappa shape index (κ2) is 5.58. The van der Waals surface area contributed by atoms with E-state index in [4.69, 9.17) is 28.9 Å². The maximum atomic E-state index is 12.6. The fourth-order valence-electron chi connectivity index (χ4n) is 2.27. The molecule has 1 aromatic rings. The summed E-state index contributed by atoms with van der Waals surface area (Å²) in [6.45, 7) is 2.57. The van der Waals surface area contributed by atoms with E-state index in [1.165, 1.54) is 16.4 Å². The lowest BCUT2D eigenvalue weighted by atomic mass is 10.2. The molecule has 0 bridgehead atoms. The van der Waals surface area contributed by atoms with E-state index in [0.717, 1.165) is 12.8 Å². The summed E-state index contributed by atoms with van der Waals surface area (Å²) in [5.74, 6) is 0. The van der Waals surface area contributed by atoms with Gasteiger partial charge in [0.1, 0.15) is 0 Å². The van der Waals surface area contributed by atoms with Gasteiger partial charge in [-0.2, -0.15) is 4.31 Å². The lowest BCUT2D eigenvalue weighted by Gasteiger charge is -2.23. The van der Waals surface area contributed by atoms with Crippen LogP contribution in [0.4, 0.5) is 0 Å². The molecule has 4 nitrogen and oxygen atoms in total. The number of rotatable bonds is 3. The van der Waals surface area contributed by atoms with Gasteiger partial charge in [0, 0.05) is 29.2 Å². The molecule has 1 aliphatic rings. The molecule has 2 N–H and O–H groups in total. The van der Waals surface area contributed by atoms with Crippen LogP contribution in [0.1, 0.15) is 18.4 Å². The molecule has 1 unspecified atom stereocenters. The molecule has 106 valence electrons. The van der Waals surface area contributed by atoms with Gasteiger partial charge in [-0.3, -0.25) is 0 Å². The zero-order valence-electron chi connectivity index (χ0n) is 10.6. The van der Waals surface area contributed by atoms with Crippen molar-refractivity contribution in [2.75, 3.05) is 13.1 Å². The molecule has 1 fully saturated rings. The van der Waals surface area contributed by atoms with Crippen LogP contribution >= 0.6 is 23.2 Å². The van der Waals surface area contributed by atoms with Crippen LogP contribution in [0.25, 0.3) is 0 Å². The molecular formula is C12H16Cl2N2O2S. The third-order valence-corrected chi connectivity index (χ3v) is 6.17. The first-order valence-corrected chi connectivity index (χ1v) is 8.25. The highest BCUT2D eigenvalue weighted by Gasteiger charge is 2.34. The van der Waals surface area contributed by atoms with Gasteiger partial charge in [0.15, 0.2) is 0 Å². The fourth-order valence-corrected chi connectivity index (χ4v) is 4.64.